The fourth-order valence-corrected chi connectivity index (χ4v) is 2.68. The van der Waals surface area contributed by atoms with Crippen molar-refractivity contribution in [3.05, 3.63) is 46.6 Å². The quantitative estimate of drug-likeness (QED) is 0.720. The molecule has 0 amide bonds. The van der Waals surface area contributed by atoms with Crippen LogP contribution in [0.2, 0.25) is 0 Å². The van der Waals surface area contributed by atoms with Crippen molar-refractivity contribution in [3.8, 4) is 5.88 Å². The van der Waals surface area contributed by atoms with Gasteiger partial charge in [0, 0.05) is 20.1 Å². The third-order valence-electron chi connectivity index (χ3n) is 3.96. The molecule has 8 heteroatoms. The minimum absolute atomic E-state index is 0.134. The Kier molecular flexibility index (Phi) is 7.11. The molecule has 0 radical (unpaired) electrons. The average Bonchev–Trinajstić information content (AvgIpc) is 2.83. The Hall–Kier alpha value is -2.06. The van der Waals surface area contributed by atoms with Gasteiger partial charge in [-0.25, -0.2) is 4.68 Å². The lowest BCUT2D eigenvalue weighted by Crippen LogP contribution is -2.21. The SMILES string of the molecule is Cc1nn(C)c(OCC(F)(F)F)c1CNCc1cccc(COC(C)(C)C)c1. The zero-order chi connectivity index (χ0) is 20.9. The molecule has 1 aromatic carbocycles. The van der Waals surface area contributed by atoms with Crippen LogP contribution in [-0.2, 0) is 31.5 Å². The standard InChI is InChI=1S/C20H28F3N3O2/c1-14-17(18(26(5)25-14)27-13-20(21,22)23)11-24-10-15-7-6-8-16(9-15)12-28-19(2,3)4/h6-9,24H,10-13H2,1-5H3. The van der Waals surface area contributed by atoms with Crippen molar-refractivity contribution in [3.63, 3.8) is 0 Å². The summed E-state index contributed by atoms with van der Waals surface area (Å²) in [7, 11) is 1.57. The van der Waals surface area contributed by atoms with E-state index in [1.807, 2.05) is 39.0 Å². The Balaban J connectivity index is 1.96. The molecule has 2 rings (SSSR count). The number of alkyl halides is 3. The molecule has 2 aromatic rings. The van der Waals surface area contributed by atoms with Gasteiger partial charge in [0.25, 0.3) is 0 Å². The number of benzene rings is 1. The molecule has 156 valence electrons. The smallest absolute Gasteiger partial charge is 0.422 e. The number of halogens is 3. The molecule has 1 N–H and O–H groups in total. The van der Waals surface area contributed by atoms with E-state index in [9.17, 15) is 13.2 Å². The maximum Gasteiger partial charge on any atom is 0.422 e. The first kappa shape index (κ1) is 22.2. The normalized spacial score (nSPS) is 12.4. The summed E-state index contributed by atoms with van der Waals surface area (Å²) in [6.45, 7) is 7.88. The molecular weight excluding hydrogens is 371 g/mol. The van der Waals surface area contributed by atoms with E-state index in [0.717, 1.165) is 11.1 Å². The monoisotopic (exact) mass is 399 g/mol. The van der Waals surface area contributed by atoms with E-state index in [0.29, 0.717) is 31.0 Å². The van der Waals surface area contributed by atoms with Crippen LogP contribution in [0.5, 0.6) is 5.88 Å². The van der Waals surface area contributed by atoms with Crippen LogP contribution >= 0.6 is 0 Å². The molecule has 28 heavy (non-hydrogen) atoms. The molecule has 1 heterocycles. The lowest BCUT2D eigenvalue weighted by atomic mass is 10.1. The zero-order valence-corrected chi connectivity index (χ0v) is 17.0. The van der Waals surface area contributed by atoms with Crippen molar-refractivity contribution in [2.24, 2.45) is 7.05 Å². The summed E-state index contributed by atoms with van der Waals surface area (Å²) in [6, 6.07) is 8.01. The summed E-state index contributed by atoms with van der Waals surface area (Å²) >= 11 is 0. The van der Waals surface area contributed by atoms with Gasteiger partial charge in [-0.1, -0.05) is 24.3 Å². The maximum absolute atomic E-state index is 12.5. The summed E-state index contributed by atoms with van der Waals surface area (Å²) in [5.74, 6) is 0.134. The van der Waals surface area contributed by atoms with Crippen molar-refractivity contribution in [2.45, 2.75) is 59.2 Å². The average molecular weight is 399 g/mol. The number of nitrogens with one attached hydrogen (secondary N) is 1. The predicted molar refractivity (Wildman–Crippen MR) is 101 cm³/mol. The van der Waals surface area contributed by atoms with Gasteiger partial charge >= 0.3 is 6.18 Å². The van der Waals surface area contributed by atoms with E-state index in [1.54, 1.807) is 14.0 Å². The number of hydrogen-bond acceptors (Lipinski definition) is 4. The molecule has 0 unspecified atom stereocenters. The van der Waals surface area contributed by atoms with Crippen LogP contribution in [0.25, 0.3) is 0 Å². The lowest BCUT2D eigenvalue weighted by molar-refractivity contribution is -0.154. The molecule has 0 atom stereocenters. The van der Waals surface area contributed by atoms with Gasteiger partial charge in [0.15, 0.2) is 6.61 Å². The van der Waals surface area contributed by atoms with E-state index in [4.69, 9.17) is 9.47 Å². The number of hydrogen-bond donors (Lipinski definition) is 1. The molecule has 5 nitrogen and oxygen atoms in total. The Morgan fingerprint density at radius 1 is 1.11 bits per heavy atom. The summed E-state index contributed by atoms with van der Waals surface area (Å²) in [6.07, 6.45) is -4.39. The Morgan fingerprint density at radius 3 is 2.43 bits per heavy atom. The molecule has 0 bridgehead atoms. The lowest BCUT2D eigenvalue weighted by Gasteiger charge is -2.19. The molecule has 0 spiro atoms. The van der Waals surface area contributed by atoms with Crippen LogP contribution in [0, 0.1) is 6.92 Å². The van der Waals surface area contributed by atoms with E-state index in [2.05, 4.69) is 16.5 Å². The number of aromatic nitrogens is 2. The third kappa shape index (κ3) is 7.16. The van der Waals surface area contributed by atoms with Crippen LogP contribution < -0.4 is 10.1 Å². The fourth-order valence-electron chi connectivity index (χ4n) is 2.68. The van der Waals surface area contributed by atoms with Gasteiger partial charge < -0.3 is 14.8 Å². The highest BCUT2D eigenvalue weighted by Crippen LogP contribution is 2.24. The minimum atomic E-state index is -4.39. The van der Waals surface area contributed by atoms with Gasteiger partial charge in [-0.05, 0) is 38.8 Å². The molecule has 0 aliphatic carbocycles. The van der Waals surface area contributed by atoms with Crippen LogP contribution in [0.1, 0.15) is 43.2 Å². The molecular formula is C20H28F3N3O2. The highest BCUT2D eigenvalue weighted by atomic mass is 19.4. The number of nitrogens with zero attached hydrogens (tertiary/aromatic N) is 2. The second kappa shape index (κ2) is 8.96. The molecule has 0 fully saturated rings. The fraction of sp³-hybridized carbons (Fsp3) is 0.550. The van der Waals surface area contributed by atoms with Crippen LogP contribution in [-0.4, -0.2) is 28.2 Å². The second-order valence-electron chi connectivity index (χ2n) is 7.72. The molecule has 0 aliphatic rings. The number of aryl methyl sites for hydroxylation is 2. The number of rotatable bonds is 8. The van der Waals surface area contributed by atoms with Crippen molar-refractivity contribution in [1.82, 2.24) is 15.1 Å². The van der Waals surface area contributed by atoms with E-state index in [1.165, 1.54) is 4.68 Å². The van der Waals surface area contributed by atoms with Gasteiger partial charge in [-0.15, -0.1) is 0 Å². The van der Waals surface area contributed by atoms with Crippen LogP contribution in [0.15, 0.2) is 24.3 Å². The van der Waals surface area contributed by atoms with Crippen molar-refractivity contribution >= 4 is 0 Å². The third-order valence-corrected chi connectivity index (χ3v) is 3.96. The van der Waals surface area contributed by atoms with Crippen LogP contribution in [0.4, 0.5) is 13.2 Å². The minimum Gasteiger partial charge on any atom is -0.468 e. The summed E-state index contributed by atoms with van der Waals surface area (Å²) < 4.78 is 49.5. The topological polar surface area (TPSA) is 48.3 Å². The van der Waals surface area contributed by atoms with Gasteiger partial charge in [0.2, 0.25) is 5.88 Å². The first-order chi connectivity index (χ1) is 12.9. The maximum atomic E-state index is 12.5. The first-order valence-corrected chi connectivity index (χ1v) is 9.09. The number of ether oxygens (including phenoxy) is 2. The van der Waals surface area contributed by atoms with Crippen molar-refractivity contribution in [2.75, 3.05) is 6.61 Å². The Labute approximate surface area is 163 Å². The first-order valence-electron chi connectivity index (χ1n) is 9.09. The summed E-state index contributed by atoms with van der Waals surface area (Å²) in [5, 5.41) is 7.42. The van der Waals surface area contributed by atoms with Crippen LogP contribution in [0.3, 0.4) is 0 Å². The molecule has 1 aromatic heterocycles. The van der Waals surface area contributed by atoms with Gasteiger partial charge in [-0.3, -0.25) is 0 Å². The molecule has 0 saturated carbocycles. The molecule has 0 saturated heterocycles. The highest BCUT2D eigenvalue weighted by molar-refractivity contribution is 5.31. The zero-order valence-electron chi connectivity index (χ0n) is 17.0. The van der Waals surface area contributed by atoms with Crippen molar-refractivity contribution in [1.29, 1.82) is 0 Å². The van der Waals surface area contributed by atoms with Gasteiger partial charge in [0.05, 0.1) is 23.5 Å². The predicted octanol–water partition coefficient (Wildman–Crippen LogP) is 4.27. The van der Waals surface area contributed by atoms with E-state index in [-0.39, 0.29) is 11.5 Å². The Bertz CT molecular complexity index is 780. The van der Waals surface area contributed by atoms with Gasteiger partial charge in [0.1, 0.15) is 0 Å². The largest absolute Gasteiger partial charge is 0.468 e. The molecule has 0 aliphatic heterocycles. The van der Waals surface area contributed by atoms with E-state index < -0.39 is 12.8 Å². The highest BCUT2D eigenvalue weighted by Gasteiger charge is 2.30. The Morgan fingerprint density at radius 2 is 1.79 bits per heavy atom. The summed E-state index contributed by atoms with van der Waals surface area (Å²) in [4.78, 5) is 0. The summed E-state index contributed by atoms with van der Waals surface area (Å²) in [5.41, 5.74) is 3.19. The van der Waals surface area contributed by atoms with Crippen molar-refractivity contribution < 1.29 is 22.6 Å². The van der Waals surface area contributed by atoms with E-state index >= 15 is 0 Å². The van der Waals surface area contributed by atoms with Gasteiger partial charge in [-0.2, -0.15) is 18.3 Å². The second-order valence-corrected chi connectivity index (χ2v) is 7.72.